The van der Waals surface area contributed by atoms with E-state index in [-0.39, 0.29) is 5.75 Å². The third-order valence-electron chi connectivity index (χ3n) is 4.97. The zero-order valence-corrected chi connectivity index (χ0v) is 17.9. The third-order valence-corrected chi connectivity index (χ3v) is 5.91. The van der Waals surface area contributed by atoms with Crippen molar-refractivity contribution >= 4 is 11.8 Å². The number of para-hydroxylation sites is 1. The maximum atomic E-state index is 10.5. The largest absolute Gasteiger partial charge is 0.507 e. The molecule has 4 nitrogen and oxygen atoms in total. The lowest BCUT2D eigenvalue weighted by Crippen LogP contribution is -1.96. The molecule has 0 amide bonds. The molecule has 0 saturated carbocycles. The molecule has 154 valence electrons. The fourth-order valence-corrected chi connectivity index (χ4v) is 4.28. The van der Waals surface area contributed by atoms with Crippen LogP contribution in [-0.2, 0) is 0 Å². The number of hydrogen-bond acceptors (Lipinski definition) is 5. The molecule has 5 rings (SSSR count). The highest BCUT2D eigenvalue weighted by Crippen LogP contribution is 2.36. The van der Waals surface area contributed by atoms with Gasteiger partial charge in [-0.1, -0.05) is 72.4 Å². The first-order valence-electron chi connectivity index (χ1n) is 10.2. The fourth-order valence-electron chi connectivity index (χ4n) is 3.44. The maximum Gasteiger partial charge on any atom is 0.125 e. The molecule has 0 fully saturated rings. The van der Waals surface area contributed by atoms with Crippen molar-refractivity contribution in [2.45, 2.75) is 9.92 Å². The number of aromatic nitrogens is 3. The SMILES string of the molecule is Oc1ccccc1-c1nc(-c2cccc(Sc3ccccn3)c2)cnc1-c1ccccc1. The van der Waals surface area contributed by atoms with Crippen molar-refractivity contribution in [2.75, 3.05) is 0 Å². The second-order valence-electron chi connectivity index (χ2n) is 7.13. The number of hydrogen-bond donors (Lipinski definition) is 1. The van der Waals surface area contributed by atoms with E-state index in [1.807, 2.05) is 72.8 Å². The van der Waals surface area contributed by atoms with Crippen LogP contribution in [0.25, 0.3) is 33.8 Å². The molecule has 5 heteroatoms. The summed E-state index contributed by atoms with van der Waals surface area (Å²) in [5.74, 6) is 0.176. The van der Waals surface area contributed by atoms with E-state index in [1.54, 1.807) is 36.3 Å². The number of aromatic hydroxyl groups is 1. The van der Waals surface area contributed by atoms with Gasteiger partial charge in [-0.3, -0.25) is 4.98 Å². The molecular weight excluding hydrogens is 414 g/mol. The Kier molecular flexibility index (Phi) is 5.64. The van der Waals surface area contributed by atoms with Crippen molar-refractivity contribution in [1.82, 2.24) is 15.0 Å². The zero-order chi connectivity index (χ0) is 21.8. The minimum Gasteiger partial charge on any atom is -0.507 e. The summed E-state index contributed by atoms with van der Waals surface area (Å²) in [4.78, 5) is 15.2. The average Bonchev–Trinajstić information content (AvgIpc) is 2.85. The van der Waals surface area contributed by atoms with Gasteiger partial charge in [-0.25, -0.2) is 9.97 Å². The minimum atomic E-state index is 0.176. The van der Waals surface area contributed by atoms with Crippen LogP contribution in [0.5, 0.6) is 5.75 Å². The van der Waals surface area contributed by atoms with Crippen molar-refractivity contribution in [1.29, 1.82) is 0 Å². The van der Waals surface area contributed by atoms with Crippen LogP contribution in [0.15, 0.2) is 119 Å². The fraction of sp³-hybridized carbons (Fsp3) is 0. The number of phenolic OH excluding ortho intramolecular Hbond substituents is 1. The van der Waals surface area contributed by atoms with Gasteiger partial charge in [-0.05, 0) is 36.4 Å². The van der Waals surface area contributed by atoms with Gasteiger partial charge in [0.1, 0.15) is 16.5 Å². The summed E-state index contributed by atoms with van der Waals surface area (Å²) in [6.45, 7) is 0. The molecule has 1 N–H and O–H groups in total. The molecule has 5 aromatic rings. The molecular formula is C27H19N3OS. The van der Waals surface area contributed by atoms with E-state index >= 15 is 0 Å². The van der Waals surface area contributed by atoms with Crippen LogP contribution in [0.1, 0.15) is 0 Å². The second kappa shape index (κ2) is 9.04. The Labute approximate surface area is 190 Å². The molecule has 2 aromatic heterocycles. The second-order valence-corrected chi connectivity index (χ2v) is 8.23. The summed E-state index contributed by atoms with van der Waals surface area (Å²) in [5, 5.41) is 11.5. The van der Waals surface area contributed by atoms with Crippen molar-refractivity contribution in [3.63, 3.8) is 0 Å². The van der Waals surface area contributed by atoms with Gasteiger partial charge in [-0.2, -0.15) is 0 Å². The van der Waals surface area contributed by atoms with Crippen LogP contribution in [0.4, 0.5) is 0 Å². The topological polar surface area (TPSA) is 58.9 Å². The van der Waals surface area contributed by atoms with Crippen LogP contribution < -0.4 is 0 Å². The molecule has 0 atom stereocenters. The molecule has 0 unspecified atom stereocenters. The van der Waals surface area contributed by atoms with Crippen molar-refractivity contribution in [3.8, 4) is 39.5 Å². The lowest BCUT2D eigenvalue weighted by molar-refractivity contribution is 0.477. The van der Waals surface area contributed by atoms with E-state index in [1.165, 1.54) is 0 Å². The monoisotopic (exact) mass is 433 g/mol. The first-order valence-corrected chi connectivity index (χ1v) is 11.0. The molecule has 2 heterocycles. The van der Waals surface area contributed by atoms with Gasteiger partial charge in [-0.15, -0.1) is 0 Å². The summed E-state index contributed by atoms with van der Waals surface area (Å²) in [5.41, 5.74) is 4.68. The molecule has 0 aliphatic carbocycles. The van der Waals surface area contributed by atoms with Gasteiger partial charge in [0.2, 0.25) is 0 Å². The van der Waals surface area contributed by atoms with Crippen molar-refractivity contribution in [3.05, 3.63) is 109 Å². The predicted octanol–water partition coefficient (Wildman–Crippen LogP) is 6.73. The lowest BCUT2D eigenvalue weighted by Gasteiger charge is -2.12. The normalized spacial score (nSPS) is 10.8. The van der Waals surface area contributed by atoms with E-state index in [0.29, 0.717) is 11.3 Å². The first kappa shape index (κ1) is 20.0. The third kappa shape index (κ3) is 4.24. The summed E-state index contributed by atoms with van der Waals surface area (Å²) >= 11 is 1.60. The van der Waals surface area contributed by atoms with Crippen LogP contribution >= 0.6 is 11.8 Å². The maximum absolute atomic E-state index is 10.5. The van der Waals surface area contributed by atoms with E-state index in [2.05, 4.69) is 17.1 Å². The highest BCUT2D eigenvalue weighted by atomic mass is 32.2. The van der Waals surface area contributed by atoms with Crippen LogP contribution in [-0.4, -0.2) is 20.1 Å². The number of nitrogens with zero attached hydrogens (tertiary/aromatic N) is 3. The van der Waals surface area contributed by atoms with Crippen LogP contribution in [0.3, 0.4) is 0 Å². The summed E-state index contributed by atoms with van der Waals surface area (Å²) in [6, 6.07) is 31.2. The molecule has 0 saturated heterocycles. The highest BCUT2D eigenvalue weighted by molar-refractivity contribution is 7.99. The molecule has 32 heavy (non-hydrogen) atoms. The Bertz CT molecular complexity index is 1360. The molecule has 0 spiro atoms. The lowest BCUT2D eigenvalue weighted by atomic mass is 10.0. The van der Waals surface area contributed by atoms with Gasteiger partial charge in [0.05, 0.1) is 17.6 Å². The number of rotatable bonds is 5. The molecule has 0 aliphatic heterocycles. The highest BCUT2D eigenvalue weighted by Gasteiger charge is 2.16. The quantitative estimate of drug-likeness (QED) is 0.333. The first-order chi connectivity index (χ1) is 15.8. The summed E-state index contributed by atoms with van der Waals surface area (Å²) < 4.78 is 0. The number of benzene rings is 3. The van der Waals surface area contributed by atoms with E-state index in [0.717, 1.165) is 32.4 Å². The Hall–Kier alpha value is -3.96. The summed E-state index contributed by atoms with van der Waals surface area (Å²) in [7, 11) is 0. The smallest absolute Gasteiger partial charge is 0.125 e. The van der Waals surface area contributed by atoms with Crippen molar-refractivity contribution < 1.29 is 5.11 Å². The number of phenols is 1. The van der Waals surface area contributed by atoms with Gasteiger partial charge >= 0.3 is 0 Å². The minimum absolute atomic E-state index is 0.176. The summed E-state index contributed by atoms with van der Waals surface area (Å²) in [6.07, 6.45) is 3.58. The van der Waals surface area contributed by atoms with E-state index < -0.39 is 0 Å². The van der Waals surface area contributed by atoms with Gasteiger partial charge in [0.25, 0.3) is 0 Å². The average molecular weight is 434 g/mol. The van der Waals surface area contributed by atoms with Crippen molar-refractivity contribution in [2.24, 2.45) is 0 Å². The van der Waals surface area contributed by atoms with E-state index in [4.69, 9.17) is 9.97 Å². The zero-order valence-electron chi connectivity index (χ0n) is 17.1. The predicted molar refractivity (Wildman–Crippen MR) is 128 cm³/mol. The van der Waals surface area contributed by atoms with Crippen LogP contribution in [0.2, 0.25) is 0 Å². The Morgan fingerprint density at radius 3 is 2.25 bits per heavy atom. The van der Waals surface area contributed by atoms with Gasteiger partial charge in [0.15, 0.2) is 0 Å². The molecule has 0 radical (unpaired) electrons. The molecule has 3 aromatic carbocycles. The Balaban J connectivity index is 1.60. The Morgan fingerprint density at radius 2 is 1.44 bits per heavy atom. The van der Waals surface area contributed by atoms with Gasteiger partial charge < -0.3 is 5.11 Å². The standard InChI is InChI=1S/C27H19N3OS/c31-24-14-5-4-13-22(24)27-26(19-9-2-1-3-10-19)29-18-23(30-27)20-11-8-12-21(17-20)32-25-15-6-7-16-28-25/h1-18,31H. The Morgan fingerprint density at radius 1 is 0.656 bits per heavy atom. The van der Waals surface area contributed by atoms with Crippen LogP contribution in [0, 0.1) is 0 Å². The van der Waals surface area contributed by atoms with E-state index in [9.17, 15) is 5.11 Å². The number of pyridine rings is 1. The molecule has 0 bridgehead atoms. The van der Waals surface area contributed by atoms with Gasteiger partial charge in [0, 0.05) is 27.8 Å². The molecule has 0 aliphatic rings.